The number of hydrogen-bond acceptors (Lipinski definition) is 5. The Labute approximate surface area is 190 Å². The van der Waals surface area contributed by atoms with Crippen molar-refractivity contribution in [2.24, 2.45) is 0 Å². The Morgan fingerprint density at radius 2 is 1.75 bits per heavy atom. The number of rotatable bonds is 5. The Hall–Kier alpha value is -3.42. The van der Waals surface area contributed by atoms with Crippen molar-refractivity contribution in [3.63, 3.8) is 0 Å². The highest BCUT2D eigenvalue weighted by Gasteiger charge is 2.26. The first-order valence-electron chi connectivity index (χ1n) is 10.5. The molecule has 8 heteroatoms. The maximum absolute atomic E-state index is 13.3. The summed E-state index contributed by atoms with van der Waals surface area (Å²) in [5, 5.41) is 5.27. The van der Waals surface area contributed by atoms with Crippen LogP contribution < -0.4 is 0 Å². The molecule has 32 heavy (non-hydrogen) atoms. The summed E-state index contributed by atoms with van der Waals surface area (Å²) in [6, 6.07) is 16.9. The van der Waals surface area contributed by atoms with E-state index in [1.54, 1.807) is 29.1 Å². The fourth-order valence-corrected chi connectivity index (χ4v) is 4.01. The summed E-state index contributed by atoms with van der Waals surface area (Å²) < 4.78 is 7.32. The lowest BCUT2D eigenvalue weighted by Gasteiger charge is -2.34. The molecular formula is C24H22ClN5O2. The van der Waals surface area contributed by atoms with Crippen molar-refractivity contribution in [3.8, 4) is 17.1 Å². The van der Waals surface area contributed by atoms with E-state index in [1.165, 1.54) is 5.56 Å². The number of furan rings is 1. The molecule has 4 aromatic rings. The van der Waals surface area contributed by atoms with Crippen LogP contribution in [-0.4, -0.2) is 56.7 Å². The smallest absolute Gasteiger partial charge is 0.274 e. The number of halogens is 1. The summed E-state index contributed by atoms with van der Waals surface area (Å²) in [5.74, 6) is 0.572. The molecule has 3 aromatic heterocycles. The SMILES string of the molecule is O=C(c1cc(-c2ccco2)n(-c2ccc(Cl)cc2)n1)N1CCN(Cc2ccncc2)CC1. The van der Waals surface area contributed by atoms with Gasteiger partial charge in [0.2, 0.25) is 0 Å². The number of carbonyl (C=O) groups is 1. The van der Waals surface area contributed by atoms with E-state index in [-0.39, 0.29) is 5.91 Å². The summed E-state index contributed by atoms with van der Waals surface area (Å²) in [7, 11) is 0. The van der Waals surface area contributed by atoms with Gasteiger partial charge in [-0.2, -0.15) is 5.10 Å². The number of aromatic nitrogens is 3. The van der Waals surface area contributed by atoms with Crippen molar-refractivity contribution in [2.45, 2.75) is 6.54 Å². The molecule has 0 aliphatic carbocycles. The van der Waals surface area contributed by atoms with Gasteiger partial charge in [-0.1, -0.05) is 11.6 Å². The molecule has 0 saturated carbocycles. The fraction of sp³-hybridized carbons (Fsp3) is 0.208. The number of hydrogen-bond donors (Lipinski definition) is 0. The third-order valence-electron chi connectivity index (χ3n) is 5.59. The van der Waals surface area contributed by atoms with Crippen LogP contribution in [0.3, 0.4) is 0 Å². The number of piperazine rings is 1. The highest BCUT2D eigenvalue weighted by atomic mass is 35.5. The van der Waals surface area contributed by atoms with Gasteiger partial charge in [0.15, 0.2) is 11.5 Å². The van der Waals surface area contributed by atoms with E-state index in [1.807, 2.05) is 53.7 Å². The quantitative estimate of drug-likeness (QED) is 0.460. The van der Waals surface area contributed by atoms with Crippen LogP contribution in [-0.2, 0) is 6.54 Å². The maximum atomic E-state index is 13.3. The van der Waals surface area contributed by atoms with Crippen LogP contribution in [0.2, 0.25) is 5.02 Å². The summed E-state index contributed by atoms with van der Waals surface area (Å²) in [6.07, 6.45) is 5.23. The molecule has 1 aliphatic heterocycles. The zero-order valence-corrected chi connectivity index (χ0v) is 18.2. The summed E-state index contributed by atoms with van der Waals surface area (Å²) >= 11 is 6.04. The van der Waals surface area contributed by atoms with Gasteiger partial charge >= 0.3 is 0 Å². The maximum Gasteiger partial charge on any atom is 0.274 e. The van der Waals surface area contributed by atoms with Crippen molar-refractivity contribution in [1.29, 1.82) is 0 Å². The van der Waals surface area contributed by atoms with Crippen molar-refractivity contribution in [3.05, 3.63) is 89.5 Å². The Morgan fingerprint density at radius 3 is 2.44 bits per heavy atom. The van der Waals surface area contributed by atoms with Gasteiger partial charge in [0.25, 0.3) is 5.91 Å². The predicted octanol–water partition coefficient (Wildman–Crippen LogP) is 4.14. The molecule has 1 amide bonds. The van der Waals surface area contributed by atoms with Gasteiger partial charge in [0.05, 0.1) is 12.0 Å². The van der Waals surface area contributed by atoms with Crippen LogP contribution in [0.1, 0.15) is 16.1 Å². The first kappa shape index (κ1) is 20.5. The van der Waals surface area contributed by atoms with E-state index in [4.69, 9.17) is 16.0 Å². The van der Waals surface area contributed by atoms with Crippen molar-refractivity contribution in [2.75, 3.05) is 26.2 Å². The molecule has 0 unspecified atom stereocenters. The van der Waals surface area contributed by atoms with Crippen molar-refractivity contribution < 1.29 is 9.21 Å². The summed E-state index contributed by atoms with van der Waals surface area (Å²) in [5.41, 5.74) is 3.15. The standard InChI is InChI=1S/C24H22ClN5O2/c25-19-3-5-20(6-4-19)30-22(23-2-1-15-32-23)16-21(27-30)24(31)29-13-11-28(12-14-29)17-18-7-9-26-10-8-18/h1-10,15-16H,11-14,17H2. The van der Waals surface area contributed by atoms with E-state index >= 15 is 0 Å². The molecule has 0 radical (unpaired) electrons. The van der Waals surface area contributed by atoms with Gasteiger partial charge < -0.3 is 9.32 Å². The number of benzene rings is 1. The number of carbonyl (C=O) groups excluding carboxylic acids is 1. The predicted molar refractivity (Wildman–Crippen MR) is 122 cm³/mol. The average Bonchev–Trinajstić information content (AvgIpc) is 3.51. The Morgan fingerprint density at radius 1 is 1.00 bits per heavy atom. The first-order chi connectivity index (χ1) is 15.7. The topological polar surface area (TPSA) is 67.4 Å². The number of amides is 1. The van der Waals surface area contributed by atoms with Gasteiger partial charge in [-0.05, 0) is 54.1 Å². The van der Waals surface area contributed by atoms with Crippen LogP contribution >= 0.6 is 11.6 Å². The van der Waals surface area contributed by atoms with E-state index in [0.717, 1.165) is 31.0 Å². The summed E-state index contributed by atoms with van der Waals surface area (Å²) in [6.45, 7) is 3.81. The normalized spacial score (nSPS) is 14.6. The molecule has 4 heterocycles. The van der Waals surface area contributed by atoms with Crippen LogP contribution in [0.5, 0.6) is 0 Å². The van der Waals surface area contributed by atoms with Crippen LogP contribution in [0.25, 0.3) is 17.1 Å². The van der Waals surface area contributed by atoms with Crippen molar-refractivity contribution >= 4 is 17.5 Å². The van der Waals surface area contributed by atoms with Gasteiger partial charge in [0.1, 0.15) is 5.69 Å². The molecule has 1 aromatic carbocycles. The second-order valence-corrected chi connectivity index (χ2v) is 8.14. The Balaban J connectivity index is 1.34. The largest absolute Gasteiger partial charge is 0.463 e. The lowest BCUT2D eigenvalue weighted by molar-refractivity contribution is 0.0622. The van der Waals surface area contributed by atoms with Crippen molar-refractivity contribution in [1.82, 2.24) is 24.6 Å². The third-order valence-corrected chi connectivity index (χ3v) is 5.84. The lowest BCUT2D eigenvalue weighted by Crippen LogP contribution is -2.48. The van der Waals surface area contributed by atoms with Gasteiger partial charge in [-0.15, -0.1) is 0 Å². The highest BCUT2D eigenvalue weighted by molar-refractivity contribution is 6.30. The van der Waals surface area contributed by atoms with E-state index in [2.05, 4.69) is 15.0 Å². The minimum Gasteiger partial charge on any atom is -0.463 e. The molecular weight excluding hydrogens is 426 g/mol. The summed E-state index contributed by atoms with van der Waals surface area (Å²) in [4.78, 5) is 21.5. The zero-order valence-electron chi connectivity index (χ0n) is 17.4. The second-order valence-electron chi connectivity index (χ2n) is 7.70. The molecule has 5 rings (SSSR count). The minimum atomic E-state index is -0.0749. The molecule has 1 aliphatic rings. The minimum absolute atomic E-state index is 0.0749. The van der Waals surface area contributed by atoms with Gasteiger partial charge in [-0.25, -0.2) is 4.68 Å². The molecule has 7 nitrogen and oxygen atoms in total. The zero-order chi connectivity index (χ0) is 21.9. The van der Waals surface area contributed by atoms with Gasteiger partial charge in [0, 0.05) is 56.2 Å². The number of nitrogens with zero attached hydrogens (tertiary/aromatic N) is 5. The Kier molecular flexibility index (Phi) is 5.75. The number of pyridine rings is 1. The lowest BCUT2D eigenvalue weighted by atomic mass is 10.2. The monoisotopic (exact) mass is 447 g/mol. The molecule has 0 N–H and O–H groups in total. The average molecular weight is 448 g/mol. The van der Waals surface area contributed by atoms with E-state index in [9.17, 15) is 4.79 Å². The molecule has 0 bridgehead atoms. The molecule has 0 spiro atoms. The van der Waals surface area contributed by atoms with Crippen LogP contribution in [0.4, 0.5) is 0 Å². The molecule has 1 saturated heterocycles. The molecule has 162 valence electrons. The fourth-order valence-electron chi connectivity index (χ4n) is 3.88. The van der Waals surface area contributed by atoms with Crippen LogP contribution in [0.15, 0.2) is 77.7 Å². The second kappa shape index (κ2) is 8.98. The molecule has 1 fully saturated rings. The molecule has 0 atom stereocenters. The Bertz CT molecular complexity index is 1180. The van der Waals surface area contributed by atoms with Crippen LogP contribution in [0, 0.1) is 0 Å². The van der Waals surface area contributed by atoms with E-state index < -0.39 is 0 Å². The third kappa shape index (κ3) is 4.30. The van der Waals surface area contributed by atoms with Gasteiger partial charge in [-0.3, -0.25) is 14.7 Å². The highest BCUT2D eigenvalue weighted by Crippen LogP contribution is 2.26. The van der Waals surface area contributed by atoms with E-state index in [0.29, 0.717) is 29.6 Å². The first-order valence-corrected chi connectivity index (χ1v) is 10.9.